The Labute approximate surface area is 207 Å². The topological polar surface area (TPSA) is 84.9 Å². The van der Waals surface area contributed by atoms with Gasteiger partial charge in [0.15, 0.2) is 7.60 Å². The van der Waals surface area contributed by atoms with Crippen molar-refractivity contribution in [1.82, 2.24) is 0 Å². The Morgan fingerprint density at radius 3 is 1.47 bits per heavy atom. The van der Waals surface area contributed by atoms with Crippen LogP contribution in [0.5, 0.6) is 0 Å². The number of quaternary nitrogens is 1. The number of hydrogen-bond acceptors (Lipinski definition) is 6. The van der Waals surface area contributed by atoms with E-state index in [1.165, 1.54) is 62.6 Å². The van der Waals surface area contributed by atoms with Crippen molar-refractivity contribution in [3.8, 4) is 0 Å². The molecule has 0 rings (SSSR count). The minimum absolute atomic E-state index is 0.0801. The molecule has 0 heterocycles. The molecule has 0 aliphatic rings. The predicted molar refractivity (Wildman–Crippen MR) is 135 cm³/mol. The minimum Gasteiger partial charge on any atom is -0.776 e. The maximum atomic E-state index is 11.9. The molecule has 0 radical (unpaired) electrons. The van der Waals surface area contributed by atoms with Crippen LogP contribution in [0.15, 0.2) is 0 Å². The fourth-order valence-electron chi connectivity index (χ4n) is 3.01. The molecule has 0 saturated heterocycles. The van der Waals surface area contributed by atoms with E-state index in [4.69, 9.17) is 23.2 Å². The van der Waals surface area contributed by atoms with Crippen LogP contribution in [0.1, 0.15) is 85.5 Å². The smallest absolute Gasteiger partial charge is 0.374 e. The fraction of sp³-hybridized carbons (Fsp3) is 1.00. The van der Waals surface area contributed by atoms with Crippen molar-refractivity contribution in [2.75, 3.05) is 47.5 Å². The highest BCUT2D eigenvalue weighted by atomic mass is 35.5. The molecule has 0 fully saturated rings. The number of alkyl halides is 2. The molecule has 0 aliphatic heterocycles. The van der Waals surface area contributed by atoms with E-state index in [-0.39, 0.29) is 6.61 Å². The van der Waals surface area contributed by atoms with E-state index in [1.54, 1.807) is 0 Å². The van der Waals surface area contributed by atoms with Gasteiger partial charge in [0.2, 0.25) is 0 Å². The monoisotopic (exact) mass is 541 g/mol. The third kappa shape index (κ3) is 12.5. The van der Waals surface area contributed by atoms with Gasteiger partial charge in [-0.05, 0) is 25.7 Å². The van der Waals surface area contributed by atoms with Gasteiger partial charge in [0.1, 0.15) is 0 Å². The Balaban J connectivity index is 0. The molecule has 0 N–H and O–H groups in total. The second-order valence-corrected chi connectivity index (χ2v) is 15.3. The van der Waals surface area contributed by atoms with Gasteiger partial charge in [-0.25, -0.2) is 0 Å². The van der Waals surface area contributed by atoms with Gasteiger partial charge < -0.3 is 27.5 Å². The molecule has 0 aromatic heterocycles. The van der Waals surface area contributed by atoms with Crippen LogP contribution in [0.3, 0.4) is 0 Å². The number of nitrogens with zero attached hydrogens (tertiary/aromatic N) is 1. The van der Waals surface area contributed by atoms with Gasteiger partial charge in [-0.15, -0.1) is 0 Å². The number of halogens is 2. The van der Waals surface area contributed by atoms with Gasteiger partial charge in [-0.3, -0.25) is 4.57 Å². The fourth-order valence-corrected chi connectivity index (χ4v) is 7.11. The van der Waals surface area contributed by atoms with Gasteiger partial charge in [0.25, 0.3) is 3.82 Å². The summed E-state index contributed by atoms with van der Waals surface area (Å²) >= 11 is 11.2. The van der Waals surface area contributed by atoms with Crippen molar-refractivity contribution in [3.05, 3.63) is 0 Å². The molecule has 0 aromatic carbocycles. The molecule has 0 spiro atoms. The number of hydrogen-bond donors (Lipinski definition) is 0. The summed E-state index contributed by atoms with van der Waals surface area (Å²) in [6, 6.07) is 0. The molecule has 0 bridgehead atoms. The molecule has 0 aliphatic carbocycles. The van der Waals surface area contributed by atoms with E-state index in [1.807, 2.05) is 6.92 Å². The minimum atomic E-state index is -4.82. The zero-order valence-electron chi connectivity index (χ0n) is 21.2. The van der Waals surface area contributed by atoms with E-state index in [0.717, 1.165) is 27.1 Å². The van der Waals surface area contributed by atoms with Crippen molar-refractivity contribution < 1.29 is 32.1 Å². The average molecular weight is 542 g/mol. The quantitative estimate of drug-likeness (QED) is 0.0791. The second kappa shape index (κ2) is 18.2. The molecular weight excluding hydrogens is 495 g/mol. The third-order valence-electron chi connectivity index (χ3n) is 5.30. The Kier molecular flexibility index (Phi) is 19.9. The van der Waals surface area contributed by atoms with Crippen molar-refractivity contribution >= 4 is 38.4 Å². The van der Waals surface area contributed by atoms with E-state index in [0.29, 0.717) is 6.42 Å². The molecule has 11 heteroatoms. The van der Waals surface area contributed by atoms with Gasteiger partial charge in [-0.2, -0.15) is 0 Å². The molecule has 1 unspecified atom stereocenters. The van der Waals surface area contributed by atoms with Gasteiger partial charge >= 0.3 is 7.60 Å². The summed E-state index contributed by atoms with van der Waals surface area (Å²) in [5.41, 5.74) is 0. The highest BCUT2D eigenvalue weighted by Crippen LogP contribution is 2.77. The van der Waals surface area contributed by atoms with E-state index >= 15 is 0 Å². The van der Waals surface area contributed by atoms with Crippen LogP contribution in [0.4, 0.5) is 0 Å². The van der Waals surface area contributed by atoms with Crippen molar-refractivity contribution in [2.45, 2.75) is 89.3 Å². The maximum absolute atomic E-state index is 11.9. The zero-order valence-corrected chi connectivity index (χ0v) is 24.5. The molecule has 32 heavy (non-hydrogen) atoms. The predicted octanol–water partition coefficient (Wildman–Crippen LogP) is 7.15. The summed E-state index contributed by atoms with van der Waals surface area (Å²) in [4.78, 5) is 11.8. The Morgan fingerprint density at radius 2 is 1.16 bits per heavy atom. The van der Waals surface area contributed by atoms with Crippen LogP contribution in [0.25, 0.3) is 0 Å². The largest absolute Gasteiger partial charge is 0.776 e. The number of rotatable bonds is 18. The first-order valence-electron chi connectivity index (χ1n) is 11.8. The summed E-state index contributed by atoms with van der Waals surface area (Å²) in [5, 5.41) is 0. The van der Waals surface area contributed by atoms with Crippen LogP contribution in [-0.4, -0.2) is 55.8 Å². The first-order chi connectivity index (χ1) is 14.9. The van der Waals surface area contributed by atoms with Crippen LogP contribution >= 0.6 is 38.4 Å². The van der Waals surface area contributed by atoms with Crippen LogP contribution in [-0.2, 0) is 22.7 Å². The molecule has 7 nitrogen and oxygen atoms in total. The Hall–Kier alpha value is 0.840. The van der Waals surface area contributed by atoms with Gasteiger partial charge in [0.05, 0.1) is 33.3 Å². The van der Waals surface area contributed by atoms with Crippen LogP contribution in [0, 0.1) is 0 Å². The maximum Gasteiger partial charge on any atom is 0.374 e. The highest BCUT2D eigenvalue weighted by Gasteiger charge is 2.56. The molecule has 0 aromatic rings. The average Bonchev–Trinajstić information content (AvgIpc) is 2.77. The summed E-state index contributed by atoms with van der Waals surface area (Å²) < 4.78 is 35.9. The lowest BCUT2D eigenvalue weighted by Crippen LogP contribution is -2.46. The van der Waals surface area contributed by atoms with Gasteiger partial charge in [-0.1, -0.05) is 83.0 Å². The molecule has 1 atom stereocenters. The van der Waals surface area contributed by atoms with Crippen LogP contribution in [0.2, 0.25) is 0 Å². The van der Waals surface area contributed by atoms with E-state index in [9.17, 15) is 14.0 Å². The summed E-state index contributed by atoms with van der Waals surface area (Å²) in [5.74, 6) is 0. The van der Waals surface area contributed by atoms with E-state index in [2.05, 4.69) is 41.4 Å². The number of unbranched alkanes of at least 4 members (excludes halogenated alkanes) is 5. The molecule has 0 saturated carbocycles. The lowest BCUT2D eigenvalue weighted by molar-refractivity contribution is -0.910. The van der Waals surface area contributed by atoms with Crippen molar-refractivity contribution in [1.29, 1.82) is 0 Å². The first kappa shape index (κ1) is 35.0. The summed E-state index contributed by atoms with van der Waals surface area (Å²) in [6.07, 6.45) is 10.4. The standard InChI is InChI=1S/C13H30N.C8H18Cl2O6P2/c1-5-8-11-14(4,12-9-6-2)13-10-7-3;1-4-5-6-7-16-17(11,12)8(9,10)18(13,14-2)15-3/h5-13H2,1-4H3;4-7H2,1-3H3,(H,11,12)/q+1;/p-1. The zero-order chi connectivity index (χ0) is 25.3. The SMILES string of the molecule is CCCCCOP(=O)([O-])C(Cl)(Cl)P(=O)(OC)OC.CCCC[N+](C)(CCCC)CCCC. The van der Waals surface area contributed by atoms with Crippen molar-refractivity contribution in [2.24, 2.45) is 0 Å². The summed E-state index contributed by atoms with van der Waals surface area (Å²) in [6.45, 7) is 12.9. The Bertz CT molecular complexity index is 537. The lowest BCUT2D eigenvalue weighted by atomic mass is 10.2. The highest BCUT2D eigenvalue weighted by molar-refractivity contribution is 7.79. The Morgan fingerprint density at radius 1 is 0.781 bits per heavy atom. The second-order valence-electron chi connectivity index (χ2n) is 8.26. The first-order valence-corrected chi connectivity index (χ1v) is 15.6. The molecular formula is C21H47Cl2NO6P2. The van der Waals surface area contributed by atoms with Crippen molar-refractivity contribution in [3.63, 3.8) is 0 Å². The normalized spacial score (nSPS) is 14.6. The van der Waals surface area contributed by atoms with Gasteiger partial charge in [0, 0.05) is 14.2 Å². The third-order valence-corrected chi connectivity index (χ3v) is 12.1. The lowest BCUT2D eigenvalue weighted by Gasteiger charge is -2.36. The summed E-state index contributed by atoms with van der Waals surface area (Å²) in [7, 11) is -4.63. The molecule has 0 amide bonds. The molecule has 196 valence electrons. The van der Waals surface area contributed by atoms with E-state index < -0.39 is 19.0 Å². The van der Waals surface area contributed by atoms with Crippen LogP contribution < -0.4 is 4.89 Å².